The van der Waals surface area contributed by atoms with Gasteiger partial charge in [-0.05, 0) is 41.8 Å². The van der Waals surface area contributed by atoms with Gasteiger partial charge in [0.05, 0.1) is 13.0 Å². The topological polar surface area (TPSA) is 59.1 Å². The number of ether oxygens (including phenoxy) is 2. The van der Waals surface area contributed by atoms with Crippen LogP contribution in [0.4, 0.5) is 0 Å². The summed E-state index contributed by atoms with van der Waals surface area (Å²) in [4.78, 5) is 28.7. The molecule has 170 valence electrons. The van der Waals surface area contributed by atoms with Crippen LogP contribution in [-0.2, 0) is 14.3 Å². The van der Waals surface area contributed by atoms with E-state index in [2.05, 4.69) is 4.90 Å². The Morgan fingerprint density at radius 3 is 2.39 bits per heavy atom. The number of hydrogen-bond donors (Lipinski definition) is 0. The number of methoxy groups -OCH3 is 1. The Kier molecular flexibility index (Phi) is 9.59. The van der Waals surface area contributed by atoms with Crippen LogP contribution in [0.1, 0.15) is 38.2 Å². The van der Waals surface area contributed by atoms with Gasteiger partial charge in [-0.1, -0.05) is 31.2 Å². The fraction of sp³-hybridized carbons (Fsp3) is 0.500. The summed E-state index contributed by atoms with van der Waals surface area (Å²) in [7, 11) is 1.65. The number of rotatable bonds is 8. The van der Waals surface area contributed by atoms with Gasteiger partial charge in [0.2, 0.25) is 5.91 Å². The van der Waals surface area contributed by atoms with Crippen LogP contribution in [-0.4, -0.2) is 68.1 Å². The molecule has 1 saturated heterocycles. The van der Waals surface area contributed by atoms with Gasteiger partial charge in [0.15, 0.2) is 0 Å². The summed E-state index contributed by atoms with van der Waals surface area (Å²) >= 11 is 0. The number of piperazine rings is 1. The number of nitrogens with zero attached hydrogens (tertiary/aromatic N) is 2. The van der Waals surface area contributed by atoms with E-state index in [4.69, 9.17) is 9.47 Å². The summed E-state index contributed by atoms with van der Waals surface area (Å²) < 4.78 is 10.8. The summed E-state index contributed by atoms with van der Waals surface area (Å²) in [5, 5.41) is 2.15. The van der Waals surface area contributed by atoms with Gasteiger partial charge in [-0.3, -0.25) is 14.5 Å². The van der Waals surface area contributed by atoms with Gasteiger partial charge < -0.3 is 14.4 Å². The van der Waals surface area contributed by atoms with Crippen molar-refractivity contribution in [2.75, 3.05) is 46.4 Å². The van der Waals surface area contributed by atoms with Crippen molar-refractivity contribution in [2.45, 2.75) is 32.6 Å². The van der Waals surface area contributed by atoms with Crippen molar-refractivity contribution in [3.05, 3.63) is 42.0 Å². The summed E-state index contributed by atoms with van der Waals surface area (Å²) in [6, 6.07) is 11.9. The summed E-state index contributed by atoms with van der Waals surface area (Å²) in [5.74, 6) is 0.532. The van der Waals surface area contributed by atoms with Crippen LogP contribution >= 0.6 is 12.4 Å². The van der Waals surface area contributed by atoms with E-state index in [9.17, 15) is 9.59 Å². The van der Waals surface area contributed by atoms with Crippen LogP contribution in [0.2, 0.25) is 0 Å². The van der Waals surface area contributed by atoms with Crippen molar-refractivity contribution in [1.82, 2.24) is 9.80 Å². The van der Waals surface area contributed by atoms with Crippen LogP contribution in [0.3, 0.4) is 0 Å². The molecule has 1 aliphatic heterocycles. The molecule has 1 amide bonds. The minimum absolute atomic E-state index is 0. The minimum atomic E-state index is -0.319. The maximum atomic E-state index is 12.5. The average Bonchev–Trinajstić information content (AvgIpc) is 2.78. The molecule has 0 radical (unpaired) electrons. The molecule has 0 aromatic heterocycles. The van der Waals surface area contributed by atoms with E-state index in [1.165, 1.54) is 0 Å². The lowest BCUT2D eigenvalue weighted by Crippen LogP contribution is -2.49. The van der Waals surface area contributed by atoms with E-state index in [1.54, 1.807) is 7.11 Å². The third-order valence-electron chi connectivity index (χ3n) is 5.77. The predicted octanol–water partition coefficient (Wildman–Crippen LogP) is 3.86. The Hall–Kier alpha value is -2.31. The number of halogens is 1. The quantitative estimate of drug-likeness (QED) is 0.574. The second-order valence-corrected chi connectivity index (χ2v) is 7.83. The molecule has 0 bridgehead atoms. The van der Waals surface area contributed by atoms with Gasteiger partial charge >= 0.3 is 5.97 Å². The third-order valence-corrected chi connectivity index (χ3v) is 5.77. The molecule has 2 aromatic rings. The van der Waals surface area contributed by atoms with Crippen molar-refractivity contribution < 1.29 is 19.1 Å². The molecular weight excluding hydrogens is 416 g/mol. The summed E-state index contributed by atoms with van der Waals surface area (Å²) in [5.41, 5.74) is 0.945. The first-order valence-electron chi connectivity index (χ1n) is 10.8. The number of carbonyl (C=O) groups excluding carboxylic acids is 2. The van der Waals surface area contributed by atoms with E-state index in [1.807, 2.05) is 55.1 Å². The van der Waals surface area contributed by atoms with Crippen LogP contribution in [0.5, 0.6) is 5.75 Å². The zero-order valence-electron chi connectivity index (χ0n) is 18.6. The summed E-state index contributed by atoms with van der Waals surface area (Å²) in [6.07, 6.45) is 1.51. The fourth-order valence-corrected chi connectivity index (χ4v) is 3.77. The van der Waals surface area contributed by atoms with Gasteiger partial charge in [0, 0.05) is 39.1 Å². The van der Waals surface area contributed by atoms with Crippen LogP contribution in [0.25, 0.3) is 10.8 Å². The first-order valence-corrected chi connectivity index (χ1v) is 10.8. The second-order valence-electron chi connectivity index (χ2n) is 7.83. The normalized spacial score (nSPS) is 15.3. The number of esters is 1. The first kappa shape index (κ1) is 25.0. The Balaban J connectivity index is 0.00000341. The van der Waals surface area contributed by atoms with Crippen LogP contribution < -0.4 is 4.74 Å². The van der Waals surface area contributed by atoms with Crippen LogP contribution in [0, 0.1) is 0 Å². The average molecular weight is 449 g/mol. The molecule has 1 aliphatic rings. The zero-order valence-corrected chi connectivity index (χ0v) is 19.5. The van der Waals surface area contributed by atoms with Gasteiger partial charge in [-0.2, -0.15) is 0 Å². The molecule has 2 aromatic carbocycles. The lowest BCUT2D eigenvalue weighted by molar-refractivity contribution is -0.145. The monoisotopic (exact) mass is 448 g/mol. The van der Waals surface area contributed by atoms with E-state index < -0.39 is 0 Å². The molecule has 6 nitrogen and oxygen atoms in total. The highest BCUT2D eigenvalue weighted by Crippen LogP contribution is 2.25. The smallest absolute Gasteiger partial charge is 0.313 e. The highest BCUT2D eigenvalue weighted by molar-refractivity contribution is 5.87. The minimum Gasteiger partial charge on any atom is -0.497 e. The maximum Gasteiger partial charge on any atom is 0.313 e. The second kappa shape index (κ2) is 11.9. The lowest BCUT2D eigenvalue weighted by atomic mass is 9.98. The number of hydrogen-bond acceptors (Lipinski definition) is 5. The van der Waals surface area contributed by atoms with Gasteiger partial charge in [0.25, 0.3) is 0 Å². The molecular formula is C24H33ClN2O4. The number of carbonyl (C=O) groups is 2. The lowest BCUT2D eigenvalue weighted by Gasteiger charge is -2.34. The molecule has 0 saturated carbocycles. The van der Waals surface area contributed by atoms with Crippen molar-refractivity contribution in [3.63, 3.8) is 0 Å². The Bertz CT molecular complexity index is 881. The Labute approximate surface area is 190 Å². The molecule has 0 aliphatic carbocycles. The van der Waals surface area contributed by atoms with Crippen molar-refractivity contribution in [2.24, 2.45) is 0 Å². The largest absolute Gasteiger partial charge is 0.497 e. The van der Waals surface area contributed by atoms with E-state index in [0.717, 1.165) is 54.7 Å². The van der Waals surface area contributed by atoms with E-state index in [-0.39, 0.29) is 30.2 Å². The van der Waals surface area contributed by atoms with Crippen molar-refractivity contribution >= 4 is 35.1 Å². The third kappa shape index (κ3) is 6.58. The van der Waals surface area contributed by atoms with Crippen LogP contribution in [0.15, 0.2) is 36.4 Å². The molecule has 3 rings (SSSR count). The molecule has 7 heteroatoms. The number of benzene rings is 2. The zero-order chi connectivity index (χ0) is 21.5. The predicted molar refractivity (Wildman–Crippen MR) is 125 cm³/mol. The van der Waals surface area contributed by atoms with Crippen molar-refractivity contribution in [1.29, 1.82) is 0 Å². The van der Waals surface area contributed by atoms with Gasteiger partial charge in [-0.25, -0.2) is 0 Å². The van der Waals surface area contributed by atoms with Gasteiger partial charge in [0.1, 0.15) is 12.4 Å². The highest BCUT2D eigenvalue weighted by Gasteiger charge is 2.21. The molecule has 1 fully saturated rings. The van der Waals surface area contributed by atoms with E-state index in [0.29, 0.717) is 19.6 Å². The SMILES string of the molecule is CCCC(=O)N1CCN(CCOC(=O)C(C)c2ccc3cc(OC)ccc3c2)CC1.Cl. The Morgan fingerprint density at radius 2 is 1.71 bits per heavy atom. The highest BCUT2D eigenvalue weighted by atomic mass is 35.5. The standard InChI is InChI=1S/C24H32N2O4.ClH/c1-4-5-23(27)26-12-10-25(11-13-26)14-15-30-24(28)18(2)19-6-7-21-17-22(29-3)9-8-20(21)16-19;/h6-9,16-18H,4-5,10-15H2,1-3H3;1H. The number of amides is 1. The summed E-state index contributed by atoms with van der Waals surface area (Å²) in [6.45, 7) is 8.15. The van der Waals surface area contributed by atoms with Gasteiger partial charge in [-0.15, -0.1) is 12.4 Å². The first-order chi connectivity index (χ1) is 14.5. The number of fused-ring (bicyclic) bond motifs is 1. The molecule has 0 spiro atoms. The molecule has 1 heterocycles. The van der Waals surface area contributed by atoms with Crippen molar-refractivity contribution in [3.8, 4) is 5.75 Å². The molecule has 0 N–H and O–H groups in total. The molecule has 1 atom stereocenters. The fourth-order valence-electron chi connectivity index (χ4n) is 3.77. The van der Waals surface area contributed by atoms with E-state index >= 15 is 0 Å². The molecule has 31 heavy (non-hydrogen) atoms. The maximum absolute atomic E-state index is 12.5. The molecule has 1 unspecified atom stereocenters. The Morgan fingerprint density at radius 1 is 1.03 bits per heavy atom.